The van der Waals surface area contributed by atoms with Gasteiger partial charge in [-0.1, -0.05) is 13.8 Å². The third kappa shape index (κ3) is 5.06. The van der Waals surface area contributed by atoms with Crippen LogP contribution in [0, 0.1) is 0 Å². The van der Waals surface area contributed by atoms with Crippen molar-refractivity contribution in [2.75, 3.05) is 31.1 Å². The van der Waals surface area contributed by atoms with Crippen molar-refractivity contribution in [3.8, 4) is 17.2 Å². The van der Waals surface area contributed by atoms with Gasteiger partial charge in [-0.05, 0) is 56.4 Å². The first-order valence-corrected chi connectivity index (χ1v) is 8.33. The number of nitrogen functional groups attached to an aromatic ring is 2. The van der Waals surface area contributed by atoms with E-state index < -0.39 is 0 Å². The molecule has 0 fully saturated rings. The predicted octanol–water partition coefficient (Wildman–Crippen LogP) is 3.75. The van der Waals surface area contributed by atoms with Gasteiger partial charge in [0.2, 0.25) is 0 Å². The molecule has 0 heterocycles. The molecule has 5 heteroatoms. The fraction of sp³-hybridized carbons (Fsp3) is 0.368. The molecule has 2 rings (SSSR count). The average Bonchev–Trinajstić information content (AvgIpc) is 2.58. The van der Waals surface area contributed by atoms with Crippen molar-refractivity contribution in [3.63, 3.8) is 0 Å². The zero-order valence-electron chi connectivity index (χ0n) is 14.7. The lowest BCUT2D eigenvalue weighted by molar-refractivity contribution is 0.153. The van der Waals surface area contributed by atoms with Crippen molar-refractivity contribution < 1.29 is 9.47 Å². The van der Waals surface area contributed by atoms with Crippen molar-refractivity contribution in [2.45, 2.75) is 26.9 Å². The highest BCUT2D eigenvalue weighted by molar-refractivity contribution is 5.65. The smallest absolute Gasteiger partial charge is 0.129 e. The number of nitrogens with zero attached hydrogens (tertiary/aromatic N) is 1. The van der Waals surface area contributed by atoms with Crippen LogP contribution in [0.5, 0.6) is 17.2 Å². The Balaban J connectivity index is 1.93. The molecule has 2 aromatic carbocycles. The summed E-state index contributed by atoms with van der Waals surface area (Å²) in [6.07, 6.45) is 0.133. The summed E-state index contributed by atoms with van der Waals surface area (Å²) in [6, 6.07) is 12.8. The fourth-order valence-corrected chi connectivity index (χ4v) is 2.45. The van der Waals surface area contributed by atoms with Crippen molar-refractivity contribution in [1.82, 2.24) is 4.90 Å². The van der Waals surface area contributed by atoms with Gasteiger partial charge in [0.1, 0.15) is 23.4 Å². The second-order valence-electron chi connectivity index (χ2n) is 5.78. The van der Waals surface area contributed by atoms with Crippen molar-refractivity contribution >= 4 is 11.4 Å². The number of ether oxygens (including phenoxy) is 2. The van der Waals surface area contributed by atoms with Crippen LogP contribution >= 0.6 is 0 Å². The zero-order chi connectivity index (χ0) is 17.5. The standard InChI is InChI=1S/C19H27N3O2/c1-4-22(5-2)13-14(3)23-15-6-8-16(9-7-15)24-17-10-11-18(20)19(21)12-17/h6-12,14H,4-5,13,20-21H2,1-3H3. The molecular weight excluding hydrogens is 302 g/mol. The number of hydrogen-bond donors (Lipinski definition) is 2. The first kappa shape index (κ1) is 17.9. The third-order valence-electron chi connectivity index (χ3n) is 3.86. The monoisotopic (exact) mass is 329 g/mol. The molecule has 0 bridgehead atoms. The van der Waals surface area contributed by atoms with Crippen LogP contribution in [0.15, 0.2) is 42.5 Å². The van der Waals surface area contributed by atoms with E-state index in [1.807, 2.05) is 24.3 Å². The highest BCUT2D eigenvalue weighted by Crippen LogP contribution is 2.27. The molecule has 1 atom stereocenters. The Kier molecular flexibility index (Phi) is 6.32. The van der Waals surface area contributed by atoms with E-state index in [0.717, 1.165) is 31.1 Å². The second kappa shape index (κ2) is 8.45. The van der Waals surface area contributed by atoms with Gasteiger partial charge in [0, 0.05) is 12.6 Å². The van der Waals surface area contributed by atoms with Crippen LogP contribution in [0.3, 0.4) is 0 Å². The van der Waals surface area contributed by atoms with Crippen LogP contribution in [0.25, 0.3) is 0 Å². The van der Waals surface area contributed by atoms with E-state index in [0.29, 0.717) is 17.1 Å². The first-order valence-electron chi connectivity index (χ1n) is 8.33. The minimum Gasteiger partial charge on any atom is -0.489 e. The minimum atomic E-state index is 0.133. The Hall–Kier alpha value is -2.40. The van der Waals surface area contributed by atoms with Crippen LogP contribution < -0.4 is 20.9 Å². The number of anilines is 2. The van der Waals surface area contributed by atoms with Crippen LogP contribution in [-0.2, 0) is 0 Å². The highest BCUT2D eigenvalue weighted by atomic mass is 16.5. The van der Waals surface area contributed by atoms with Gasteiger partial charge in [-0.3, -0.25) is 0 Å². The Morgan fingerprint density at radius 1 is 0.875 bits per heavy atom. The number of hydrogen-bond acceptors (Lipinski definition) is 5. The molecule has 5 nitrogen and oxygen atoms in total. The van der Waals surface area contributed by atoms with Crippen molar-refractivity contribution in [1.29, 1.82) is 0 Å². The van der Waals surface area contributed by atoms with Crippen LogP contribution in [0.4, 0.5) is 11.4 Å². The van der Waals surface area contributed by atoms with Gasteiger partial charge >= 0.3 is 0 Å². The van der Waals surface area contributed by atoms with Gasteiger partial charge in [0.15, 0.2) is 0 Å². The molecule has 0 saturated carbocycles. The second-order valence-corrected chi connectivity index (χ2v) is 5.78. The van der Waals surface area contributed by atoms with E-state index in [1.54, 1.807) is 18.2 Å². The molecule has 0 aliphatic carbocycles. The summed E-state index contributed by atoms with van der Waals surface area (Å²) in [5.41, 5.74) is 12.6. The largest absolute Gasteiger partial charge is 0.489 e. The Morgan fingerprint density at radius 2 is 1.46 bits per heavy atom. The van der Waals surface area contributed by atoms with Gasteiger partial charge in [-0.25, -0.2) is 0 Å². The molecule has 0 saturated heterocycles. The van der Waals surface area contributed by atoms with Gasteiger partial charge in [-0.2, -0.15) is 0 Å². The Labute approximate surface area is 144 Å². The predicted molar refractivity (Wildman–Crippen MR) is 99.7 cm³/mol. The molecule has 0 amide bonds. The van der Waals surface area contributed by atoms with E-state index in [4.69, 9.17) is 20.9 Å². The fourth-order valence-electron chi connectivity index (χ4n) is 2.45. The lowest BCUT2D eigenvalue weighted by Gasteiger charge is -2.23. The van der Waals surface area contributed by atoms with Gasteiger partial charge in [-0.15, -0.1) is 0 Å². The van der Waals surface area contributed by atoms with E-state index in [1.165, 1.54) is 0 Å². The molecule has 2 aromatic rings. The maximum absolute atomic E-state index is 5.95. The van der Waals surface area contributed by atoms with Crippen LogP contribution in [0.2, 0.25) is 0 Å². The summed E-state index contributed by atoms with van der Waals surface area (Å²) < 4.78 is 11.7. The summed E-state index contributed by atoms with van der Waals surface area (Å²) in [7, 11) is 0. The minimum absolute atomic E-state index is 0.133. The number of likely N-dealkylation sites (N-methyl/N-ethyl adjacent to an activating group) is 1. The Bertz CT molecular complexity index is 640. The topological polar surface area (TPSA) is 73.7 Å². The van der Waals surface area contributed by atoms with Gasteiger partial charge in [0.05, 0.1) is 11.4 Å². The highest BCUT2D eigenvalue weighted by Gasteiger charge is 2.09. The normalized spacial score (nSPS) is 12.2. The van der Waals surface area contributed by atoms with E-state index in [-0.39, 0.29) is 6.10 Å². The summed E-state index contributed by atoms with van der Waals surface area (Å²) >= 11 is 0. The molecular formula is C19H27N3O2. The van der Waals surface area contributed by atoms with E-state index in [2.05, 4.69) is 25.7 Å². The van der Waals surface area contributed by atoms with Crippen LogP contribution in [0.1, 0.15) is 20.8 Å². The molecule has 0 aliphatic rings. The lowest BCUT2D eigenvalue weighted by atomic mass is 10.2. The molecule has 0 radical (unpaired) electrons. The molecule has 0 aliphatic heterocycles. The molecule has 130 valence electrons. The third-order valence-corrected chi connectivity index (χ3v) is 3.86. The molecule has 1 unspecified atom stereocenters. The summed E-state index contributed by atoms with van der Waals surface area (Å²) in [6.45, 7) is 9.37. The average molecular weight is 329 g/mol. The van der Waals surface area contributed by atoms with Crippen molar-refractivity contribution in [3.05, 3.63) is 42.5 Å². The Morgan fingerprint density at radius 3 is 2.04 bits per heavy atom. The van der Waals surface area contributed by atoms with Crippen LogP contribution in [-0.4, -0.2) is 30.6 Å². The lowest BCUT2D eigenvalue weighted by Crippen LogP contribution is -2.33. The quantitative estimate of drug-likeness (QED) is 0.722. The molecule has 4 N–H and O–H groups in total. The first-order chi connectivity index (χ1) is 11.5. The molecule has 24 heavy (non-hydrogen) atoms. The maximum atomic E-state index is 5.95. The zero-order valence-corrected chi connectivity index (χ0v) is 14.7. The molecule has 0 spiro atoms. The number of rotatable bonds is 8. The summed E-state index contributed by atoms with van der Waals surface area (Å²) in [5.74, 6) is 2.21. The van der Waals surface area contributed by atoms with Gasteiger partial charge < -0.3 is 25.8 Å². The van der Waals surface area contributed by atoms with E-state index >= 15 is 0 Å². The summed E-state index contributed by atoms with van der Waals surface area (Å²) in [4.78, 5) is 2.34. The number of benzene rings is 2. The van der Waals surface area contributed by atoms with Crippen molar-refractivity contribution in [2.24, 2.45) is 0 Å². The maximum Gasteiger partial charge on any atom is 0.129 e. The SMILES string of the molecule is CCN(CC)CC(C)Oc1ccc(Oc2ccc(N)c(N)c2)cc1. The van der Waals surface area contributed by atoms with E-state index in [9.17, 15) is 0 Å². The summed E-state index contributed by atoms with van der Waals surface area (Å²) in [5, 5.41) is 0. The number of nitrogens with two attached hydrogens (primary N) is 2. The van der Waals surface area contributed by atoms with Gasteiger partial charge in [0.25, 0.3) is 0 Å². The molecule has 0 aromatic heterocycles.